The van der Waals surface area contributed by atoms with Gasteiger partial charge in [0.15, 0.2) is 0 Å². The Hall–Kier alpha value is -3.31. The summed E-state index contributed by atoms with van der Waals surface area (Å²) in [6.45, 7) is 6.28. The fraction of sp³-hybridized carbons (Fsp3) is 0.200. The molecular formula is C25H25ClN4O. The van der Waals surface area contributed by atoms with Gasteiger partial charge in [0.25, 0.3) is 0 Å². The van der Waals surface area contributed by atoms with E-state index in [9.17, 15) is 4.79 Å². The third-order valence-corrected chi connectivity index (χ3v) is 5.38. The normalized spacial score (nSPS) is 11.5. The van der Waals surface area contributed by atoms with Crippen molar-refractivity contribution in [2.45, 2.75) is 32.1 Å². The lowest BCUT2D eigenvalue weighted by molar-refractivity contribution is 0.262. The van der Waals surface area contributed by atoms with E-state index >= 15 is 0 Å². The van der Waals surface area contributed by atoms with Crippen molar-refractivity contribution in [1.29, 1.82) is 0 Å². The van der Waals surface area contributed by atoms with Gasteiger partial charge in [-0.15, -0.1) is 11.6 Å². The highest BCUT2D eigenvalue weighted by Gasteiger charge is 2.21. The van der Waals surface area contributed by atoms with Crippen LogP contribution in [0, 0.1) is 0 Å². The van der Waals surface area contributed by atoms with Crippen molar-refractivity contribution in [2.75, 3.05) is 10.6 Å². The van der Waals surface area contributed by atoms with E-state index in [1.54, 1.807) is 4.68 Å². The molecule has 0 saturated carbocycles. The first-order valence-corrected chi connectivity index (χ1v) is 10.7. The van der Waals surface area contributed by atoms with E-state index in [0.717, 1.165) is 33.4 Å². The second kappa shape index (κ2) is 8.44. The molecule has 0 aliphatic carbocycles. The number of halogens is 1. The van der Waals surface area contributed by atoms with Crippen molar-refractivity contribution in [1.82, 2.24) is 9.78 Å². The second-order valence-corrected chi connectivity index (χ2v) is 8.75. The minimum absolute atomic E-state index is 0.169. The SMILES string of the molecule is CC(C)(C)c1cc(NC(=O)Nc2cccc3ccccc23)n(-c2cccc(CCl)c2)n1. The first-order chi connectivity index (χ1) is 14.8. The van der Waals surface area contributed by atoms with Gasteiger partial charge in [0.05, 0.1) is 17.1 Å². The summed E-state index contributed by atoms with van der Waals surface area (Å²) in [6, 6.07) is 23.2. The number of fused-ring (bicyclic) bond motifs is 1. The third kappa shape index (κ3) is 4.57. The predicted molar refractivity (Wildman–Crippen MR) is 128 cm³/mol. The quantitative estimate of drug-likeness (QED) is 0.352. The Bertz CT molecular complexity index is 1230. The summed E-state index contributed by atoms with van der Waals surface area (Å²) < 4.78 is 1.75. The number of aromatic nitrogens is 2. The molecule has 0 saturated heterocycles. The highest BCUT2D eigenvalue weighted by Crippen LogP contribution is 2.28. The lowest BCUT2D eigenvalue weighted by Gasteiger charge is -2.14. The first kappa shape index (κ1) is 20.9. The Morgan fingerprint density at radius 3 is 2.48 bits per heavy atom. The number of nitrogens with one attached hydrogen (secondary N) is 2. The van der Waals surface area contributed by atoms with Gasteiger partial charge in [0, 0.05) is 22.7 Å². The summed E-state index contributed by atoms with van der Waals surface area (Å²) in [5, 5.41) is 12.8. The van der Waals surface area contributed by atoms with Crippen LogP contribution in [0.5, 0.6) is 0 Å². The lowest BCUT2D eigenvalue weighted by atomic mass is 9.92. The van der Waals surface area contributed by atoms with E-state index < -0.39 is 0 Å². The molecule has 31 heavy (non-hydrogen) atoms. The van der Waals surface area contributed by atoms with Crippen molar-refractivity contribution >= 4 is 39.9 Å². The van der Waals surface area contributed by atoms with Crippen molar-refractivity contribution in [2.24, 2.45) is 0 Å². The van der Waals surface area contributed by atoms with Crippen LogP contribution in [0.2, 0.25) is 0 Å². The number of hydrogen-bond donors (Lipinski definition) is 2. The number of carbonyl (C=O) groups excluding carboxylic acids is 1. The van der Waals surface area contributed by atoms with Crippen molar-refractivity contribution in [3.63, 3.8) is 0 Å². The number of benzene rings is 3. The van der Waals surface area contributed by atoms with Crippen LogP contribution in [0.25, 0.3) is 16.5 Å². The fourth-order valence-corrected chi connectivity index (χ4v) is 3.58. The number of urea groups is 1. The van der Waals surface area contributed by atoms with Gasteiger partial charge in [-0.1, -0.05) is 69.3 Å². The van der Waals surface area contributed by atoms with Gasteiger partial charge in [0.1, 0.15) is 5.82 Å². The minimum atomic E-state index is -0.327. The summed E-state index contributed by atoms with van der Waals surface area (Å²) in [4.78, 5) is 12.9. The first-order valence-electron chi connectivity index (χ1n) is 10.2. The van der Waals surface area contributed by atoms with Crippen LogP contribution in [-0.2, 0) is 11.3 Å². The molecule has 6 heteroatoms. The molecule has 0 fully saturated rings. The summed E-state index contributed by atoms with van der Waals surface area (Å²) in [5.41, 5.74) is 3.29. The zero-order chi connectivity index (χ0) is 22.0. The van der Waals surface area contributed by atoms with Crippen LogP contribution in [0.4, 0.5) is 16.3 Å². The average molecular weight is 433 g/mol. The monoisotopic (exact) mass is 432 g/mol. The molecule has 4 rings (SSSR count). The van der Waals surface area contributed by atoms with E-state index in [1.807, 2.05) is 72.8 Å². The van der Waals surface area contributed by atoms with E-state index in [4.69, 9.17) is 16.7 Å². The van der Waals surface area contributed by atoms with Gasteiger partial charge >= 0.3 is 6.03 Å². The molecule has 0 spiro atoms. The Morgan fingerprint density at radius 2 is 1.71 bits per heavy atom. The molecule has 2 N–H and O–H groups in total. The summed E-state index contributed by atoms with van der Waals surface area (Å²) in [5.74, 6) is 1.00. The zero-order valence-electron chi connectivity index (χ0n) is 17.8. The van der Waals surface area contributed by atoms with Crippen LogP contribution in [0.3, 0.4) is 0 Å². The number of rotatable bonds is 4. The largest absolute Gasteiger partial charge is 0.324 e. The van der Waals surface area contributed by atoms with Crippen LogP contribution in [0.15, 0.2) is 72.8 Å². The molecule has 1 aromatic heterocycles. The maximum atomic E-state index is 12.9. The molecule has 0 aliphatic heterocycles. The van der Waals surface area contributed by atoms with Crippen LogP contribution >= 0.6 is 11.6 Å². The number of nitrogens with zero attached hydrogens (tertiary/aromatic N) is 2. The molecule has 0 bridgehead atoms. The smallest absolute Gasteiger partial charge is 0.307 e. The topological polar surface area (TPSA) is 59.0 Å². The maximum absolute atomic E-state index is 12.9. The van der Waals surface area contributed by atoms with Gasteiger partial charge in [-0.3, -0.25) is 5.32 Å². The van der Waals surface area contributed by atoms with Crippen LogP contribution in [-0.4, -0.2) is 15.8 Å². The van der Waals surface area contributed by atoms with Gasteiger partial charge in [0.2, 0.25) is 0 Å². The highest BCUT2D eigenvalue weighted by atomic mass is 35.5. The minimum Gasteiger partial charge on any atom is -0.307 e. The molecular weight excluding hydrogens is 408 g/mol. The zero-order valence-corrected chi connectivity index (χ0v) is 18.6. The predicted octanol–water partition coefficient (Wildman–Crippen LogP) is 6.71. The molecule has 1 heterocycles. The summed E-state index contributed by atoms with van der Waals surface area (Å²) in [7, 11) is 0. The Labute approximate surface area is 187 Å². The molecule has 2 amide bonds. The number of alkyl halides is 1. The van der Waals surface area contributed by atoms with E-state index in [-0.39, 0.29) is 11.4 Å². The molecule has 158 valence electrons. The average Bonchev–Trinajstić information content (AvgIpc) is 3.18. The summed E-state index contributed by atoms with van der Waals surface area (Å²) in [6.07, 6.45) is 0. The number of anilines is 2. The number of amides is 2. The highest BCUT2D eigenvalue weighted by molar-refractivity contribution is 6.17. The van der Waals surface area contributed by atoms with Crippen molar-refractivity contribution in [3.05, 3.63) is 84.1 Å². The van der Waals surface area contributed by atoms with Gasteiger partial charge < -0.3 is 5.32 Å². The molecule has 0 atom stereocenters. The Balaban J connectivity index is 1.66. The lowest BCUT2D eigenvalue weighted by Crippen LogP contribution is -2.21. The van der Waals surface area contributed by atoms with Crippen molar-refractivity contribution in [3.8, 4) is 5.69 Å². The van der Waals surface area contributed by atoms with E-state index in [1.165, 1.54) is 0 Å². The fourth-order valence-electron chi connectivity index (χ4n) is 3.41. The van der Waals surface area contributed by atoms with Crippen LogP contribution < -0.4 is 10.6 Å². The van der Waals surface area contributed by atoms with Gasteiger partial charge in [-0.2, -0.15) is 5.10 Å². The Kier molecular flexibility index (Phi) is 5.70. The maximum Gasteiger partial charge on any atom is 0.324 e. The van der Waals surface area contributed by atoms with Gasteiger partial charge in [-0.25, -0.2) is 9.48 Å². The second-order valence-electron chi connectivity index (χ2n) is 8.49. The third-order valence-electron chi connectivity index (χ3n) is 5.07. The van der Waals surface area contributed by atoms with Gasteiger partial charge in [-0.05, 0) is 29.1 Å². The molecule has 0 radical (unpaired) electrons. The standard InChI is InChI=1S/C25H25ClN4O/c1-25(2,3)22-15-23(30(29-22)19-11-6-8-17(14-19)16-26)28-24(31)27-21-13-7-10-18-9-4-5-12-20(18)21/h4-15H,16H2,1-3H3,(H2,27,28,31). The molecule has 5 nitrogen and oxygen atoms in total. The number of hydrogen-bond acceptors (Lipinski definition) is 2. The molecule has 3 aromatic carbocycles. The number of carbonyl (C=O) groups is 1. The molecule has 0 unspecified atom stereocenters. The Morgan fingerprint density at radius 1 is 0.968 bits per heavy atom. The van der Waals surface area contributed by atoms with E-state index in [2.05, 4.69) is 31.4 Å². The van der Waals surface area contributed by atoms with Crippen LogP contribution in [0.1, 0.15) is 32.0 Å². The van der Waals surface area contributed by atoms with Crippen molar-refractivity contribution < 1.29 is 4.79 Å². The van der Waals surface area contributed by atoms with E-state index in [0.29, 0.717) is 11.7 Å². The summed E-state index contributed by atoms with van der Waals surface area (Å²) >= 11 is 6.02. The molecule has 4 aromatic rings. The molecule has 0 aliphatic rings.